The molecule has 2 aromatic rings. The van der Waals surface area contributed by atoms with Gasteiger partial charge in [-0.2, -0.15) is 4.98 Å². The molecular weight excluding hydrogens is 358 g/mol. The number of benzene rings is 1. The smallest absolute Gasteiger partial charge is 0.322 e. The molecule has 1 saturated heterocycles. The number of nitrogens with one attached hydrogen (secondary N) is 2. The molecule has 9 nitrogen and oxygen atoms in total. The minimum absolute atomic E-state index is 0.0838. The molecule has 0 saturated carbocycles. The van der Waals surface area contributed by atoms with Crippen LogP contribution in [0, 0.1) is 6.92 Å². The molecule has 0 unspecified atom stereocenters. The highest BCUT2D eigenvalue weighted by Gasteiger charge is 2.32. The average molecular weight is 379 g/mol. The van der Waals surface area contributed by atoms with Crippen LogP contribution < -0.4 is 10.0 Å². The van der Waals surface area contributed by atoms with Gasteiger partial charge in [0.15, 0.2) is 5.82 Å². The van der Waals surface area contributed by atoms with E-state index in [-0.39, 0.29) is 17.0 Å². The topological polar surface area (TPSA) is 117 Å². The molecule has 2 heterocycles. The molecule has 1 aliphatic rings. The van der Waals surface area contributed by atoms with E-state index in [4.69, 9.17) is 4.52 Å². The predicted molar refractivity (Wildman–Crippen MR) is 94.0 cm³/mol. The number of carbonyl (C=O) groups is 1. The molecule has 1 fully saturated rings. The summed E-state index contributed by atoms with van der Waals surface area (Å²) in [5, 5.41) is 6.56. The molecule has 1 aromatic carbocycles. The Balaban J connectivity index is 1.79. The van der Waals surface area contributed by atoms with Gasteiger partial charge in [-0.15, -0.1) is 0 Å². The summed E-state index contributed by atoms with van der Waals surface area (Å²) < 4.78 is 31.3. The SMILES string of the molecule is CNS(=O)(=O)c1cccc(NC(=O)N2CCCC[C@H]2c2nc(C)no2)c1. The molecule has 26 heavy (non-hydrogen) atoms. The van der Waals surface area contributed by atoms with Crippen LogP contribution in [0.3, 0.4) is 0 Å². The molecular formula is C16H21N5O4S. The summed E-state index contributed by atoms with van der Waals surface area (Å²) in [5.74, 6) is 0.944. The number of carbonyl (C=O) groups excluding carboxylic acids is 1. The van der Waals surface area contributed by atoms with E-state index in [1.54, 1.807) is 24.0 Å². The summed E-state index contributed by atoms with van der Waals surface area (Å²) >= 11 is 0. The zero-order valence-electron chi connectivity index (χ0n) is 14.6. The van der Waals surface area contributed by atoms with E-state index in [9.17, 15) is 13.2 Å². The van der Waals surface area contributed by atoms with Crippen molar-refractivity contribution in [1.29, 1.82) is 0 Å². The molecule has 0 radical (unpaired) electrons. The maximum Gasteiger partial charge on any atom is 0.322 e. The Morgan fingerprint density at radius 3 is 2.85 bits per heavy atom. The standard InChI is InChI=1S/C16H21N5O4S/c1-11-18-15(25-20-11)14-8-3-4-9-21(14)16(22)19-12-6-5-7-13(10-12)26(23,24)17-2/h5-7,10,14,17H,3-4,8-9H2,1-2H3,(H,19,22)/t14-/m0/s1. The number of piperidine rings is 1. The first-order valence-electron chi connectivity index (χ1n) is 8.32. The van der Waals surface area contributed by atoms with Crippen molar-refractivity contribution in [2.24, 2.45) is 0 Å². The van der Waals surface area contributed by atoms with Crippen LogP contribution in [0.1, 0.15) is 37.0 Å². The number of aryl methyl sites for hydroxylation is 1. The number of hydrogen-bond acceptors (Lipinski definition) is 6. The fourth-order valence-electron chi connectivity index (χ4n) is 2.93. The number of likely N-dealkylation sites (tertiary alicyclic amines) is 1. The summed E-state index contributed by atoms with van der Waals surface area (Å²) in [6.45, 7) is 2.29. The third kappa shape index (κ3) is 3.86. The highest BCUT2D eigenvalue weighted by atomic mass is 32.2. The maximum atomic E-state index is 12.7. The van der Waals surface area contributed by atoms with Crippen molar-refractivity contribution in [2.45, 2.75) is 37.1 Å². The van der Waals surface area contributed by atoms with Crippen molar-refractivity contribution in [1.82, 2.24) is 19.8 Å². The number of aromatic nitrogens is 2. The minimum atomic E-state index is -3.58. The second-order valence-electron chi connectivity index (χ2n) is 6.05. The maximum absolute atomic E-state index is 12.7. The van der Waals surface area contributed by atoms with Crippen molar-refractivity contribution in [3.05, 3.63) is 36.0 Å². The fourth-order valence-corrected chi connectivity index (χ4v) is 3.71. The first-order chi connectivity index (χ1) is 12.4. The number of sulfonamides is 1. The third-order valence-corrected chi connectivity index (χ3v) is 5.67. The first-order valence-corrected chi connectivity index (χ1v) is 9.80. The molecule has 0 spiro atoms. The Morgan fingerprint density at radius 1 is 1.35 bits per heavy atom. The number of hydrogen-bond donors (Lipinski definition) is 2. The predicted octanol–water partition coefficient (Wildman–Crippen LogP) is 2.05. The zero-order valence-corrected chi connectivity index (χ0v) is 15.4. The molecule has 0 aliphatic carbocycles. The number of nitrogens with zero attached hydrogens (tertiary/aromatic N) is 3. The van der Waals surface area contributed by atoms with Gasteiger partial charge in [-0.05, 0) is 51.4 Å². The van der Waals surface area contributed by atoms with Gasteiger partial charge >= 0.3 is 6.03 Å². The molecule has 2 N–H and O–H groups in total. The Labute approximate surface area is 151 Å². The zero-order chi connectivity index (χ0) is 18.7. The van der Waals surface area contributed by atoms with Crippen LogP contribution in [0.25, 0.3) is 0 Å². The van der Waals surface area contributed by atoms with Gasteiger partial charge in [0.2, 0.25) is 15.9 Å². The molecule has 3 rings (SSSR count). The summed E-state index contributed by atoms with van der Waals surface area (Å²) in [7, 11) is -2.24. The molecule has 1 aromatic heterocycles. The van der Waals surface area contributed by atoms with E-state index in [0.717, 1.165) is 19.3 Å². The molecule has 1 aliphatic heterocycles. The van der Waals surface area contributed by atoms with E-state index >= 15 is 0 Å². The summed E-state index contributed by atoms with van der Waals surface area (Å²) in [4.78, 5) is 18.7. The van der Waals surface area contributed by atoms with Crippen LogP contribution >= 0.6 is 0 Å². The second kappa shape index (κ2) is 7.42. The molecule has 0 bridgehead atoms. The van der Waals surface area contributed by atoms with Crippen LogP contribution in [0.15, 0.2) is 33.7 Å². The van der Waals surface area contributed by atoms with Crippen LogP contribution in [-0.4, -0.2) is 43.1 Å². The summed E-state index contributed by atoms with van der Waals surface area (Å²) in [5.41, 5.74) is 0.400. The molecule has 10 heteroatoms. The van der Waals surface area contributed by atoms with Crippen molar-refractivity contribution >= 4 is 21.7 Å². The van der Waals surface area contributed by atoms with Gasteiger partial charge in [-0.1, -0.05) is 11.2 Å². The normalized spacial score (nSPS) is 17.9. The minimum Gasteiger partial charge on any atom is -0.337 e. The Bertz CT molecular complexity index is 896. The van der Waals surface area contributed by atoms with Gasteiger partial charge in [-0.25, -0.2) is 17.9 Å². The van der Waals surface area contributed by atoms with Crippen molar-refractivity contribution in [3.8, 4) is 0 Å². The first kappa shape index (κ1) is 18.3. The van der Waals surface area contributed by atoms with E-state index in [1.165, 1.54) is 19.2 Å². The third-order valence-electron chi connectivity index (χ3n) is 4.26. The largest absolute Gasteiger partial charge is 0.337 e. The van der Waals surface area contributed by atoms with Crippen molar-refractivity contribution < 1.29 is 17.7 Å². The number of amides is 2. The van der Waals surface area contributed by atoms with Gasteiger partial charge in [0.05, 0.1) is 4.90 Å². The van der Waals surface area contributed by atoms with E-state index in [2.05, 4.69) is 20.2 Å². The Hall–Kier alpha value is -2.46. The van der Waals surface area contributed by atoms with Crippen molar-refractivity contribution in [3.63, 3.8) is 0 Å². The van der Waals surface area contributed by atoms with E-state index in [0.29, 0.717) is 23.9 Å². The second-order valence-corrected chi connectivity index (χ2v) is 7.94. The van der Waals surface area contributed by atoms with Crippen LogP contribution in [0.5, 0.6) is 0 Å². The highest BCUT2D eigenvalue weighted by molar-refractivity contribution is 7.89. The number of rotatable bonds is 4. The lowest BCUT2D eigenvalue weighted by Crippen LogP contribution is -2.41. The molecule has 140 valence electrons. The highest BCUT2D eigenvalue weighted by Crippen LogP contribution is 2.30. The monoisotopic (exact) mass is 379 g/mol. The van der Waals surface area contributed by atoms with E-state index < -0.39 is 10.0 Å². The lowest BCUT2D eigenvalue weighted by atomic mass is 10.0. The van der Waals surface area contributed by atoms with Gasteiger partial charge in [0.25, 0.3) is 0 Å². The van der Waals surface area contributed by atoms with Gasteiger partial charge < -0.3 is 14.7 Å². The number of urea groups is 1. The number of anilines is 1. The van der Waals surface area contributed by atoms with Gasteiger partial charge in [-0.3, -0.25) is 0 Å². The molecule has 1 atom stereocenters. The van der Waals surface area contributed by atoms with Crippen LogP contribution in [-0.2, 0) is 10.0 Å². The Kier molecular flexibility index (Phi) is 5.23. The quantitative estimate of drug-likeness (QED) is 0.839. The van der Waals surface area contributed by atoms with Crippen LogP contribution in [0.2, 0.25) is 0 Å². The average Bonchev–Trinajstić information content (AvgIpc) is 3.08. The van der Waals surface area contributed by atoms with Gasteiger partial charge in [0.1, 0.15) is 6.04 Å². The lowest BCUT2D eigenvalue weighted by molar-refractivity contribution is 0.142. The summed E-state index contributed by atoms with van der Waals surface area (Å²) in [6, 6.07) is 5.49. The van der Waals surface area contributed by atoms with E-state index in [1.807, 2.05) is 0 Å². The van der Waals surface area contributed by atoms with Gasteiger partial charge in [0, 0.05) is 12.2 Å². The lowest BCUT2D eigenvalue weighted by Gasteiger charge is -2.33. The van der Waals surface area contributed by atoms with Crippen LogP contribution in [0.4, 0.5) is 10.5 Å². The Morgan fingerprint density at radius 2 is 2.15 bits per heavy atom. The summed E-state index contributed by atoms with van der Waals surface area (Å²) in [6.07, 6.45) is 2.58. The van der Waals surface area contributed by atoms with Crippen molar-refractivity contribution in [2.75, 3.05) is 18.9 Å². The fraction of sp³-hybridized carbons (Fsp3) is 0.438. The molecule has 2 amide bonds.